The van der Waals surface area contributed by atoms with Crippen molar-refractivity contribution in [2.45, 2.75) is 19.6 Å². The highest BCUT2D eigenvalue weighted by Gasteiger charge is 2.26. The van der Waals surface area contributed by atoms with E-state index in [9.17, 15) is 9.18 Å². The van der Waals surface area contributed by atoms with E-state index in [4.69, 9.17) is 4.74 Å². The molecule has 30 heavy (non-hydrogen) atoms. The molecule has 0 bridgehead atoms. The van der Waals surface area contributed by atoms with Crippen molar-refractivity contribution in [2.24, 2.45) is 0 Å². The van der Waals surface area contributed by atoms with Gasteiger partial charge in [-0.25, -0.2) is 4.39 Å². The first kappa shape index (κ1) is 21.0. The summed E-state index contributed by atoms with van der Waals surface area (Å²) in [6, 6.07) is 14.5. The van der Waals surface area contributed by atoms with Crippen LogP contribution in [0.5, 0.6) is 0 Å². The SMILES string of the molecule is Cc1ccc(C(=O)N2CCN(C[C@H]3CN(Cc4ccc(F)cc4)CCO3)CC2)cc1. The lowest BCUT2D eigenvalue weighted by Gasteiger charge is -2.39. The summed E-state index contributed by atoms with van der Waals surface area (Å²) in [5.41, 5.74) is 3.05. The molecule has 160 valence electrons. The van der Waals surface area contributed by atoms with Crippen LogP contribution >= 0.6 is 0 Å². The molecule has 6 heteroatoms. The molecule has 1 amide bonds. The number of hydrogen-bond donors (Lipinski definition) is 0. The molecule has 1 atom stereocenters. The van der Waals surface area contributed by atoms with Crippen LogP contribution in [0.2, 0.25) is 0 Å². The van der Waals surface area contributed by atoms with E-state index in [2.05, 4.69) is 9.80 Å². The van der Waals surface area contributed by atoms with Crippen LogP contribution in [0, 0.1) is 12.7 Å². The van der Waals surface area contributed by atoms with E-state index < -0.39 is 0 Å². The van der Waals surface area contributed by atoms with E-state index in [0.29, 0.717) is 0 Å². The van der Waals surface area contributed by atoms with Gasteiger partial charge in [0, 0.05) is 57.9 Å². The van der Waals surface area contributed by atoms with Crippen LogP contribution in [0.4, 0.5) is 4.39 Å². The van der Waals surface area contributed by atoms with Gasteiger partial charge in [0.15, 0.2) is 0 Å². The number of ether oxygens (including phenoxy) is 1. The highest BCUT2D eigenvalue weighted by Crippen LogP contribution is 2.15. The van der Waals surface area contributed by atoms with Crippen LogP contribution in [0.3, 0.4) is 0 Å². The minimum absolute atomic E-state index is 0.119. The van der Waals surface area contributed by atoms with Crippen LogP contribution in [-0.4, -0.2) is 79.1 Å². The molecule has 2 aromatic rings. The number of hydrogen-bond acceptors (Lipinski definition) is 4. The minimum Gasteiger partial charge on any atom is -0.374 e. The zero-order chi connectivity index (χ0) is 20.9. The second-order valence-electron chi connectivity index (χ2n) is 8.31. The number of carbonyl (C=O) groups is 1. The van der Waals surface area contributed by atoms with Crippen LogP contribution < -0.4 is 0 Å². The first-order chi connectivity index (χ1) is 14.6. The number of halogens is 1. The number of rotatable bonds is 5. The maximum Gasteiger partial charge on any atom is 0.253 e. The molecule has 2 aliphatic rings. The number of aryl methyl sites for hydroxylation is 1. The van der Waals surface area contributed by atoms with Gasteiger partial charge < -0.3 is 9.64 Å². The predicted molar refractivity (Wildman–Crippen MR) is 115 cm³/mol. The van der Waals surface area contributed by atoms with Gasteiger partial charge in [-0.1, -0.05) is 29.8 Å². The Morgan fingerprint density at radius 3 is 2.37 bits per heavy atom. The van der Waals surface area contributed by atoms with Crippen LogP contribution in [0.25, 0.3) is 0 Å². The van der Waals surface area contributed by atoms with Crippen molar-refractivity contribution in [3.05, 3.63) is 71.0 Å². The Morgan fingerprint density at radius 2 is 1.67 bits per heavy atom. The van der Waals surface area contributed by atoms with E-state index in [-0.39, 0.29) is 17.8 Å². The molecule has 2 heterocycles. The number of amides is 1. The Hall–Kier alpha value is -2.28. The molecule has 0 spiro atoms. The minimum atomic E-state index is -0.196. The second kappa shape index (κ2) is 9.69. The zero-order valence-corrected chi connectivity index (χ0v) is 17.6. The standard InChI is InChI=1S/C24H30FN3O2/c1-19-2-6-21(7-3-19)24(29)28-12-10-26(11-13-28)17-23-18-27(14-15-30-23)16-20-4-8-22(25)9-5-20/h2-9,23H,10-18H2,1H3/t23-/m0/s1. The van der Waals surface area contributed by atoms with Crippen LogP contribution in [-0.2, 0) is 11.3 Å². The smallest absolute Gasteiger partial charge is 0.253 e. The summed E-state index contributed by atoms with van der Waals surface area (Å²) >= 11 is 0. The molecule has 5 nitrogen and oxygen atoms in total. The Morgan fingerprint density at radius 1 is 0.967 bits per heavy atom. The number of benzene rings is 2. The first-order valence-corrected chi connectivity index (χ1v) is 10.7. The fraction of sp³-hybridized carbons (Fsp3) is 0.458. The predicted octanol–water partition coefficient (Wildman–Crippen LogP) is 2.79. The monoisotopic (exact) mass is 411 g/mol. The molecule has 2 aromatic carbocycles. The summed E-state index contributed by atoms with van der Waals surface area (Å²) in [7, 11) is 0. The molecule has 4 rings (SSSR count). The molecular formula is C24H30FN3O2. The molecule has 0 N–H and O–H groups in total. The Bertz CT molecular complexity index is 833. The van der Waals surface area contributed by atoms with Gasteiger partial charge in [0.2, 0.25) is 0 Å². The molecule has 0 aromatic heterocycles. The van der Waals surface area contributed by atoms with E-state index in [1.165, 1.54) is 12.1 Å². The molecule has 2 saturated heterocycles. The van der Waals surface area contributed by atoms with Gasteiger partial charge in [-0.15, -0.1) is 0 Å². The van der Waals surface area contributed by atoms with Crippen molar-refractivity contribution in [1.82, 2.24) is 14.7 Å². The molecule has 0 unspecified atom stereocenters. The fourth-order valence-corrected chi connectivity index (χ4v) is 4.18. The molecule has 0 radical (unpaired) electrons. The normalized spacial score (nSPS) is 21.0. The average molecular weight is 412 g/mol. The molecule has 0 saturated carbocycles. The summed E-state index contributed by atoms with van der Waals surface area (Å²) in [6.45, 7) is 9.46. The Kier molecular flexibility index (Phi) is 6.77. The lowest BCUT2D eigenvalue weighted by atomic mass is 10.1. The van der Waals surface area contributed by atoms with Gasteiger partial charge in [-0.05, 0) is 36.8 Å². The van der Waals surface area contributed by atoms with Crippen molar-refractivity contribution in [1.29, 1.82) is 0 Å². The van der Waals surface area contributed by atoms with E-state index in [1.807, 2.05) is 48.2 Å². The quantitative estimate of drug-likeness (QED) is 0.758. The second-order valence-corrected chi connectivity index (χ2v) is 8.31. The summed E-state index contributed by atoms with van der Waals surface area (Å²) in [6.07, 6.45) is 0.165. The van der Waals surface area contributed by atoms with E-state index >= 15 is 0 Å². The van der Waals surface area contributed by atoms with Crippen molar-refractivity contribution in [2.75, 3.05) is 52.4 Å². The number of piperazine rings is 1. The number of carbonyl (C=O) groups excluding carboxylic acids is 1. The van der Waals surface area contributed by atoms with Gasteiger partial charge in [0.1, 0.15) is 5.82 Å². The highest BCUT2D eigenvalue weighted by molar-refractivity contribution is 5.94. The van der Waals surface area contributed by atoms with E-state index in [0.717, 1.165) is 75.7 Å². The van der Waals surface area contributed by atoms with Gasteiger partial charge >= 0.3 is 0 Å². The highest BCUT2D eigenvalue weighted by atomic mass is 19.1. The third kappa shape index (κ3) is 5.45. The average Bonchev–Trinajstić information content (AvgIpc) is 2.76. The Balaban J connectivity index is 1.24. The third-order valence-electron chi connectivity index (χ3n) is 5.96. The summed E-state index contributed by atoms with van der Waals surface area (Å²) in [4.78, 5) is 19.4. The maximum absolute atomic E-state index is 13.1. The van der Waals surface area contributed by atoms with Crippen LogP contribution in [0.1, 0.15) is 21.5 Å². The molecular weight excluding hydrogens is 381 g/mol. The summed E-state index contributed by atoms with van der Waals surface area (Å²) in [5, 5.41) is 0. The number of nitrogens with zero attached hydrogens (tertiary/aromatic N) is 3. The Labute approximate surface area is 178 Å². The lowest BCUT2D eigenvalue weighted by molar-refractivity contribution is -0.0497. The van der Waals surface area contributed by atoms with Gasteiger partial charge in [0.05, 0.1) is 12.7 Å². The van der Waals surface area contributed by atoms with Crippen molar-refractivity contribution in [3.8, 4) is 0 Å². The van der Waals surface area contributed by atoms with Crippen molar-refractivity contribution in [3.63, 3.8) is 0 Å². The van der Waals surface area contributed by atoms with Gasteiger partial charge in [-0.2, -0.15) is 0 Å². The van der Waals surface area contributed by atoms with Crippen molar-refractivity contribution < 1.29 is 13.9 Å². The zero-order valence-electron chi connectivity index (χ0n) is 17.6. The maximum atomic E-state index is 13.1. The van der Waals surface area contributed by atoms with Gasteiger partial charge in [-0.3, -0.25) is 14.6 Å². The van der Waals surface area contributed by atoms with Crippen LogP contribution in [0.15, 0.2) is 48.5 Å². The topological polar surface area (TPSA) is 36.0 Å². The first-order valence-electron chi connectivity index (χ1n) is 10.7. The summed E-state index contributed by atoms with van der Waals surface area (Å²) < 4.78 is 19.1. The van der Waals surface area contributed by atoms with Gasteiger partial charge in [0.25, 0.3) is 5.91 Å². The fourth-order valence-electron chi connectivity index (χ4n) is 4.18. The number of morpholine rings is 1. The molecule has 2 fully saturated rings. The van der Waals surface area contributed by atoms with E-state index in [1.54, 1.807) is 0 Å². The van der Waals surface area contributed by atoms with Crippen molar-refractivity contribution >= 4 is 5.91 Å². The lowest BCUT2D eigenvalue weighted by Crippen LogP contribution is -2.53. The summed E-state index contributed by atoms with van der Waals surface area (Å²) in [5.74, 6) is -0.0763. The molecule has 2 aliphatic heterocycles. The molecule has 0 aliphatic carbocycles. The third-order valence-corrected chi connectivity index (χ3v) is 5.96. The largest absolute Gasteiger partial charge is 0.374 e.